The third-order valence-corrected chi connectivity index (χ3v) is 15.1. The number of hydrogen-bond acceptors (Lipinski definition) is 16. The highest BCUT2D eigenvalue weighted by Gasteiger charge is 2.44. The number of anilines is 1. The Kier molecular flexibility index (Phi) is 24.3. The van der Waals surface area contributed by atoms with E-state index in [0.717, 1.165) is 83.0 Å². The van der Waals surface area contributed by atoms with Crippen molar-refractivity contribution in [2.24, 2.45) is 12.5 Å². The predicted octanol–water partition coefficient (Wildman–Crippen LogP) is 8.17. The number of carbonyl (C=O) groups excluding carboxylic acids is 4. The first-order chi connectivity index (χ1) is 39.6. The lowest BCUT2D eigenvalue weighted by Gasteiger charge is -2.35. The van der Waals surface area contributed by atoms with Gasteiger partial charge in [0.25, 0.3) is 5.91 Å². The fourth-order valence-electron chi connectivity index (χ4n) is 9.42. The number of aliphatic hydroxyl groups excluding tert-OH is 1. The molecule has 440 valence electrons. The minimum atomic E-state index is -0.871. The molecule has 7 rings (SSSR count). The second kappa shape index (κ2) is 31.9. The zero-order valence-electron chi connectivity index (χ0n) is 48.2. The summed E-state index contributed by atoms with van der Waals surface area (Å²) < 4.78 is 25.1. The van der Waals surface area contributed by atoms with Gasteiger partial charge < -0.3 is 54.8 Å². The monoisotopic (exact) mass is 1140 g/mol. The van der Waals surface area contributed by atoms with Crippen LogP contribution in [0.3, 0.4) is 0 Å². The van der Waals surface area contributed by atoms with Gasteiger partial charge in [0, 0.05) is 63.6 Å². The number of thiazole rings is 1. The number of unbranched alkanes of at least 4 members (excludes halogenated alkanes) is 5. The lowest BCUT2D eigenvalue weighted by atomic mass is 9.85. The topological polar surface area (TPSA) is 246 Å². The summed E-state index contributed by atoms with van der Waals surface area (Å²) in [7, 11) is 1.88. The van der Waals surface area contributed by atoms with Crippen LogP contribution in [0.2, 0.25) is 0 Å². The van der Waals surface area contributed by atoms with Gasteiger partial charge in [-0.2, -0.15) is 0 Å². The standard InChI is InChI=1S/C61H81N11O9S/c1-42(67-58(75)47-17-14-18-48(34-47)63-38-53-69-70-57(71(53)6)51-25-26-62-40-65-51)46-16-15-19-50(35-46)81-29-13-8-7-11-27-78-30-32-80-33-31-79-28-12-9-10-20-54(74)68-56(61(3,4)5)60(77)72-39-49(73)36-52(72)59(76)64-37-44-21-23-45(24-22-44)55-43(2)66-41-82-55/h14-19,21-26,34-35,40-42,49,52,56,63,73H,7-13,20,27-33,36-39H2,1-6H3,(H,64,76)(H,67,75)(H,68,74)/t42-,49-,52+,56-/m1/s1. The Bertz CT molecular complexity index is 2950. The normalized spacial score (nSPS) is 15.0. The molecule has 5 N–H and O–H groups in total. The molecule has 0 aliphatic carbocycles. The summed E-state index contributed by atoms with van der Waals surface area (Å²) in [6.07, 6.45) is 8.82. The summed E-state index contributed by atoms with van der Waals surface area (Å²) in [6.45, 7) is 14.0. The van der Waals surface area contributed by atoms with Crippen molar-refractivity contribution in [1.82, 2.24) is 50.6 Å². The van der Waals surface area contributed by atoms with Gasteiger partial charge >= 0.3 is 0 Å². The van der Waals surface area contributed by atoms with Crippen LogP contribution in [-0.4, -0.2) is 134 Å². The number of carbonyl (C=O) groups is 4. The van der Waals surface area contributed by atoms with E-state index >= 15 is 0 Å². The van der Waals surface area contributed by atoms with Crippen LogP contribution in [0.1, 0.15) is 125 Å². The van der Waals surface area contributed by atoms with Crippen LogP contribution in [0, 0.1) is 12.3 Å². The molecule has 1 fully saturated rings. The molecule has 0 unspecified atom stereocenters. The average molecular weight is 1140 g/mol. The zero-order chi connectivity index (χ0) is 58.3. The smallest absolute Gasteiger partial charge is 0.251 e. The number of benzene rings is 3. The summed E-state index contributed by atoms with van der Waals surface area (Å²) in [6, 6.07) is 22.9. The van der Waals surface area contributed by atoms with Gasteiger partial charge in [0.15, 0.2) is 11.6 Å². The molecule has 1 aliphatic rings. The quantitative estimate of drug-likeness (QED) is 0.0244. The van der Waals surface area contributed by atoms with E-state index in [2.05, 4.69) is 46.4 Å². The molecular weight excluding hydrogens is 1060 g/mol. The van der Waals surface area contributed by atoms with Crippen LogP contribution >= 0.6 is 11.3 Å². The van der Waals surface area contributed by atoms with Gasteiger partial charge in [-0.1, -0.05) is 76.1 Å². The molecule has 4 atom stereocenters. The van der Waals surface area contributed by atoms with Crippen LogP contribution < -0.4 is 26.0 Å². The summed E-state index contributed by atoms with van der Waals surface area (Å²) in [5.41, 5.74) is 7.08. The number of rotatable bonds is 33. The third-order valence-electron chi connectivity index (χ3n) is 14.2. The van der Waals surface area contributed by atoms with E-state index in [9.17, 15) is 24.3 Å². The van der Waals surface area contributed by atoms with E-state index in [0.29, 0.717) is 76.3 Å². The molecule has 1 saturated heterocycles. The van der Waals surface area contributed by atoms with Crippen LogP contribution in [0.5, 0.6) is 5.75 Å². The number of nitrogens with zero attached hydrogens (tertiary/aromatic N) is 7. The van der Waals surface area contributed by atoms with Gasteiger partial charge in [0.1, 0.15) is 29.9 Å². The molecule has 0 radical (unpaired) electrons. The van der Waals surface area contributed by atoms with E-state index in [-0.39, 0.29) is 55.6 Å². The van der Waals surface area contributed by atoms with Crippen molar-refractivity contribution in [1.29, 1.82) is 0 Å². The van der Waals surface area contributed by atoms with Crippen molar-refractivity contribution in [3.63, 3.8) is 0 Å². The van der Waals surface area contributed by atoms with Crippen molar-refractivity contribution in [2.75, 3.05) is 58.1 Å². The van der Waals surface area contributed by atoms with Gasteiger partial charge in [-0.15, -0.1) is 21.5 Å². The summed E-state index contributed by atoms with van der Waals surface area (Å²) in [4.78, 5) is 68.9. The molecule has 0 saturated carbocycles. The fourth-order valence-corrected chi connectivity index (χ4v) is 10.2. The summed E-state index contributed by atoms with van der Waals surface area (Å²) in [5, 5.41) is 31.5. The summed E-state index contributed by atoms with van der Waals surface area (Å²) in [5.74, 6) is 0.995. The molecule has 20 nitrogen and oxygen atoms in total. The molecule has 4 amide bonds. The van der Waals surface area contributed by atoms with Gasteiger partial charge in [-0.25, -0.2) is 15.0 Å². The molecular formula is C61H81N11O9S. The fraction of sp³-hybridized carbons (Fsp3) is 0.492. The van der Waals surface area contributed by atoms with Crippen LogP contribution in [0.4, 0.5) is 5.69 Å². The van der Waals surface area contributed by atoms with Crippen molar-refractivity contribution in [3.8, 4) is 27.7 Å². The first kappa shape index (κ1) is 62.4. The number of ether oxygens (including phenoxy) is 4. The number of aromatic nitrogens is 6. The van der Waals surface area contributed by atoms with Crippen molar-refractivity contribution >= 4 is 40.7 Å². The van der Waals surface area contributed by atoms with E-state index in [1.807, 2.05) is 118 Å². The number of β-amino-alcohol motifs (C(OH)–C–C–N with tert-alkyl or cyclic N) is 1. The van der Waals surface area contributed by atoms with Gasteiger partial charge in [-0.05, 0) is 104 Å². The minimum absolute atomic E-state index is 0.0210. The highest BCUT2D eigenvalue weighted by Crippen LogP contribution is 2.29. The van der Waals surface area contributed by atoms with Gasteiger partial charge in [0.2, 0.25) is 17.7 Å². The lowest BCUT2D eigenvalue weighted by molar-refractivity contribution is -0.144. The first-order valence-corrected chi connectivity index (χ1v) is 29.3. The maximum atomic E-state index is 14.0. The largest absolute Gasteiger partial charge is 0.494 e. The van der Waals surface area contributed by atoms with Gasteiger partial charge in [-0.3, -0.25) is 19.2 Å². The van der Waals surface area contributed by atoms with Crippen molar-refractivity contribution in [2.45, 2.75) is 130 Å². The number of likely N-dealkylation sites (tertiary alicyclic amines) is 1. The van der Waals surface area contributed by atoms with Crippen LogP contribution in [0.25, 0.3) is 22.0 Å². The predicted molar refractivity (Wildman–Crippen MR) is 315 cm³/mol. The Morgan fingerprint density at radius 3 is 2.20 bits per heavy atom. The molecule has 3 aromatic heterocycles. The highest BCUT2D eigenvalue weighted by atomic mass is 32.1. The molecule has 21 heteroatoms. The second-order valence-corrected chi connectivity index (χ2v) is 22.5. The van der Waals surface area contributed by atoms with Gasteiger partial charge in [0.05, 0.1) is 67.8 Å². The van der Waals surface area contributed by atoms with Crippen molar-refractivity contribution in [3.05, 3.63) is 125 Å². The van der Waals surface area contributed by atoms with E-state index < -0.39 is 23.6 Å². The molecule has 1 aliphatic heterocycles. The number of nitrogens with one attached hydrogen (secondary N) is 4. The number of hydrogen-bond donors (Lipinski definition) is 5. The van der Waals surface area contributed by atoms with E-state index in [4.69, 9.17) is 18.9 Å². The maximum absolute atomic E-state index is 14.0. The Morgan fingerprint density at radius 1 is 0.793 bits per heavy atom. The Hall–Kier alpha value is -7.17. The Labute approximate surface area is 485 Å². The van der Waals surface area contributed by atoms with E-state index in [1.165, 1.54) is 11.2 Å². The molecule has 0 spiro atoms. The first-order valence-electron chi connectivity index (χ1n) is 28.4. The molecule has 3 aromatic carbocycles. The number of aryl methyl sites for hydroxylation is 1. The summed E-state index contributed by atoms with van der Waals surface area (Å²) >= 11 is 1.58. The number of aliphatic hydroxyl groups is 1. The van der Waals surface area contributed by atoms with Crippen LogP contribution in [-0.2, 0) is 48.7 Å². The van der Waals surface area contributed by atoms with Crippen molar-refractivity contribution < 1.29 is 43.2 Å². The molecule has 6 aromatic rings. The number of amides is 4. The lowest BCUT2D eigenvalue weighted by Crippen LogP contribution is -2.57. The minimum Gasteiger partial charge on any atom is -0.494 e. The molecule has 4 heterocycles. The van der Waals surface area contributed by atoms with Crippen LogP contribution in [0.15, 0.2) is 96.9 Å². The maximum Gasteiger partial charge on any atom is 0.251 e. The third kappa shape index (κ3) is 19.2. The molecule has 82 heavy (non-hydrogen) atoms. The Balaban J connectivity index is 0.668. The highest BCUT2D eigenvalue weighted by molar-refractivity contribution is 7.13. The Morgan fingerprint density at radius 2 is 1.50 bits per heavy atom. The van der Waals surface area contributed by atoms with E-state index in [1.54, 1.807) is 29.7 Å². The second-order valence-electron chi connectivity index (χ2n) is 21.7. The molecule has 0 bridgehead atoms. The average Bonchev–Trinajstić information content (AvgIpc) is 4.36. The zero-order valence-corrected chi connectivity index (χ0v) is 49.1. The SMILES string of the molecule is Cc1ncsc1-c1ccc(CNC(=O)[C@@H]2C[C@@H](O)CN2C(=O)[C@@H](NC(=O)CCCCCOCCOCCOCCCCCCOc2cccc([C@@H](C)NC(=O)c3cccc(NCc4nnc(-c5ccncn5)n4C)c3)c2)C(C)(C)C)cc1.